The van der Waals surface area contributed by atoms with Crippen LogP contribution in [0.15, 0.2) is 17.1 Å². The number of hydrogen-bond donors (Lipinski definition) is 1. The number of piperidine rings is 1. The van der Waals surface area contributed by atoms with Crippen molar-refractivity contribution in [1.29, 1.82) is 0 Å². The van der Waals surface area contributed by atoms with E-state index >= 15 is 0 Å². The molecule has 3 aliphatic heterocycles. The van der Waals surface area contributed by atoms with E-state index in [-0.39, 0.29) is 30.2 Å². The quantitative estimate of drug-likeness (QED) is 0.644. The number of H-pyrrole nitrogens is 1. The number of nitrogens with zero attached hydrogens (tertiary/aromatic N) is 4. The Bertz CT molecular complexity index is 1130. The van der Waals surface area contributed by atoms with Crippen LogP contribution in [0.5, 0.6) is 0 Å². The number of rotatable bonds is 5. The summed E-state index contributed by atoms with van der Waals surface area (Å²) in [6.07, 6.45) is 5.82. The van der Waals surface area contributed by atoms with E-state index in [9.17, 15) is 9.59 Å². The lowest BCUT2D eigenvalue weighted by Gasteiger charge is -2.35. The molecule has 5 heterocycles. The summed E-state index contributed by atoms with van der Waals surface area (Å²) in [5, 5.41) is 0. The van der Waals surface area contributed by atoms with Gasteiger partial charge in [0.05, 0.1) is 36.7 Å². The molecule has 3 fully saturated rings. The van der Waals surface area contributed by atoms with Crippen molar-refractivity contribution in [3.63, 3.8) is 0 Å². The molecule has 1 amide bonds. The first kappa shape index (κ1) is 26.0. The van der Waals surface area contributed by atoms with Crippen molar-refractivity contribution < 1.29 is 23.7 Å². The van der Waals surface area contributed by atoms with Crippen molar-refractivity contribution in [1.82, 2.24) is 19.4 Å². The number of aromatic nitrogens is 3. The fraction of sp³-hybridized carbons (Fsp3) is 0.731. The number of carbonyl (C=O) groups is 1. The zero-order valence-electron chi connectivity index (χ0n) is 22.1. The molecule has 5 rings (SSSR count). The second kappa shape index (κ2) is 11.0. The molecular formula is C26H39N5O6. The molecular weight excluding hydrogens is 478 g/mol. The Balaban J connectivity index is 1.25. The van der Waals surface area contributed by atoms with Gasteiger partial charge >= 0.3 is 11.8 Å². The maximum atomic E-state index is 12.9. The number of morpholine rings is 1. The number of hydrogen-bond acceptors (Lipinski definition) is 8. The molecule has 0 aliphatic carbocycles. The van der Waals surface area contributed by atoms with Gasteiger partial charge in [0.15, 0.2) is 11.9 Å². The highest BCUT2D eigenvalue weighted by Gasteiger charge is 2.30. The summed E-state index contributed by atoms with van der Waals surface area (Å²) in [6, 6.07) is 2.02. The maximum Gasteiger partial charge on any atom is 0.410 e. The van der Waals surface area contributed by atoms with Crippen molar-refractivity contribution in [2.45, 2.75) is 76.9 Å². The minimum absolute atomic E-state index is 0.0154. The van der Waals surface area contributed by atoms with Gasteiger partial charge in [-0.15, -0.1) is 0 Å². The van der Waals surface area contributed by atoms with Crippen molar-refractivity contribution in [2.24, 2.45) is 0 Å². The van der Waals surface area contributed by atoms with Crippen molar-refractivity contribution in [3.8, 4) is 0 Å². The van der Waals surface area contributed by atoms with Gasteiger partial charge in [-0.3, -0.25) is 9.55 Å². The third-order valence-corrected chi connectivity index (χ3v) is 7.15. The molecule has 204 valence electrons. The Morgan fingerprint density at radius 1 is 1.14 bits per heavy atom. The van der Waals surface area contributed by atoms with Gasteiger partial charge in [-0.25, -0.2) is 14.6 Å². The molecule has 37 heavy (non-hydrogen) atoms. The van der Waals surface area contributed by atoms with Crippen molar-refractivity contribution in [3.05, 3.63) is 22.7 Å². The van der Waals surface area contributed by atoms with Crippen LogP contribution in [0, 0.1) is 0 Å². The van der Waals surface area contributed by atoms with E-state index in [4.69, 9.17) is 18.9 Å². The fourth-order valence-electron chi connectivity index (χ4n) is 5.27. The molecule has 0 bridgehead atoms. The third-order valence-electron chi connectivity index (χ3n) is 7.15. The number of fused-ring (bicyclic) bond motifs is 1. The van der Waals surface area contributed by atoms with Crippen LogP contribution in [0.2, 0.25) is 0 Å². The molecule has 2 aromatic rings. The Labute approximate surface area is 217 Å². The maximum absolute atomic E-state index is 12.9. The van der Waals surface area contributed by atoms with Gasteiger partial charge in [-0.05, 0) is 58.9 Å². The van der Waals surface area contributed by atoms with Gasteiger partial charge in [0.25, 0.3) is 0 Å². The Kier molecular flexibility index (Phi) is 7.73. The number of pyridine rings is 1. The zero-order valence-corrected chi connectivity index (χ0v) is 22.1. The predicted molar refractivity (Wildman–Crippen MR) is 138 cm³/mol. The van der Waals surface area contributed by atoms with Gasteiger partial charge < -0.3 is 28.7 Å². The molecule has 2 aromatic heterocycles. The Morgan fingerprint density at radius 3 is 2.68 bits per heavy atom. The largest absolute Gasteiger partial charge is 0.444 e. The molecule has 11 nitrogen and oxygen atoms in total. The van der Waals surface area contributed by atoms with E-state index in [0.717, 1.165) is 43.6 Å². The number of nitrogens with one attached hydrogen (secondary N) is 1. The summed E-state index contributed by atoms with van der Waals surface area (Å²) in [4.78, 5) is 36.8. The number of aromatic amines is 1. The molecule has 2 unspecified atom stereocenters. The molecule has 3 saturated heterocycles. The van der Waals surface area contributed by atoms with E-state index < -0.39 is 5.60 Å². The first-order valence-corrected chi connectivity index (χ1v) is 13.4. The SMILES string of the molecule is CC(C)(C)OC(=O)N1CCC(n2c(=O)[nH]c3ncc(N4CCOC(COC5CCCCO5)C4)cc32)CC1. The molecule has 0 aromatic carbocycles. The van der Waals surface area contributed by atoms with Crippen LogP contribution in [0.4, 0.5) is 10.5 Å². The first-order valence-electron chi connectivity index (χ1n) is 13.4. The fourth-order valence-corrected chi connectivity index (χ4v) is 5.27. The van der Waals surface area contributed by atoms with Crippen molar-refractivity contribution in [2.75, 3.05) is 50.9 Å². The van der Waals surface area contributed by atoms with Crippen LogP contribution in [-0.4, -0.2) is 89.5 Å². The van der Waals surface area contributed by atoms with Gasteiger partial charge in [-0.2, -0.15) is 0 Å². The van der Waals surface area contributed by atoms with Gasteiger partial charge in [0, 0.05) is 38.8 Å². The summed E-state index contributed by atoms with van der Waals surface area (Å²) < 4.78 is 24.9. The number of anilines is 1. The lowest BCUT2D eigenvalue weighted by molar-refractivity contribution is -0.180. The highest BCUT2D eigenvalue weighted by molar-refractivity contribution is 5.75. The minimum atomic E-state index is -0.530. The number of likely N-dealkylation sites (tertiary alicyclic amines) is 1. The summed E-state index contributed by atoms with van der Waals surface area (Å²) >= 11 is 0. The molecule has 3 aliphatic rings. The van der Waals surface area contributed by atoms with Gasteiger partial charge in [0.2, 0.25) is 0 Å². The number of imidazole rings is 1. The lowest BCUT2D eigenvalue weighted by Crippen LogP contribution is -2.45. The number of ether oxygens (including phenoxy) is 4. The summed E-state index contributed by atoms with van der Waals surface area (Å²) in [5.74, 6) is 0. The molecule has 11 heteroatoms. The van der Waals surface area contributed by atoms with Crippen LogP contribution in [0.25, 0.3) is 11.2 Å². The molecule has 0 spiro atoms. The second-order valence-corrected chi connectivity index (χ2v) is 11.1. The van der Waals surface area contributed by atoms with E-state index in [0.29, 0.717) is 51.3 Å². The van der Waals surface area contributed by atoms with Crippen LogP contribution in [0.1, 0.15) is 58.9 Å². The molecule has 0 radical (unpaired) electrons. The third kappa shape index (κ3) is 6.27. The number of amides is 1. The summed E-state index contributed by atoms with van der Waals surface area (Å²) in [5.41, 5.74) is 1.61. The van der Waals surface area contributed by atoms with E-state index in [1.807, 2.05) is 26.8 Å². The van der Waals surface area contributed by atoms with Crippen LogP contribution < -0.4 is 10.6 Å². The Hall–Kier alpha value is -2.63. The summed E-state index contributed by atoms with van der Waals surface area (Å²) in [6.45, 7) is 9.95. The molecule has 2 atom stereocenters. The van der Waals surface area contributed by atoms with Gasteiger partial charge in [-0.1, -0.05) is 0 Å². The van der Waals surface area contributed by atoms with Crippen LogP contribution >= 0.6 is 0 Å². The van der Waals surface area contributed by atoms with Crippen LogP contribution in [-0.2, 0) is 18.9 Å². The average molecular weight is 518 g/mol. The summed E-state index contributed by atoms with van der Waals surface area (Å²) in [7, 11) is 0. The second-order valence-electron chi connectivity index (χ2n) is 11.1. The Morgan fingerprint density at radius 2 is 1.95 bits per heavy atom. The standard InChI is InChI=1S/C26H39N5O6/c1-26(2,3)37-25(33)29-9-7-18(8-10-29)31-21-14-19(15-27-23(21)28-24(31)32)30-11-13-34-20(16-30)17-36-22-6-4-5-12-35-22/h14-15,18,20,22H,4-13,16-17H2,1-3H3,(H,27,28,32). The highest BCUT2D eigenvalue weighted by atomic mass is 16.7. The van der Waals surface area contributed by atoms with E-state index in [2.05, 4.69) is 14.9 Å². The highest BCUT2D eigenvalue weighted by Crippen LogP contribution is 2.28. The van der Waals surface area contributed by atoms with E-state index in [1.165, 1.54) is 0 Å². The predicted octanol–water partition coefficient (Wildman–Crippen LogP) is 3.05. The number of carbonyl (C=O) groups excluding carboxylic acids is 1. The topological polar surface area (TPSA) is 111 Å². The molecule has 0 saturated carbocycles. The normalized spacial score (nSPS) is 24.0. The monoisotopic (exact) mass is 517 g/mol. The smallest absolute Gasteiger partial charge is 0.410 e. The lowest BCUT2D eigenvalue weighted by atomic mass is 10.0. The minimum Gasteiger partial charge on any atom is -0.444 e. The van der Waals surface area contributed by atoms with Gasteiger partial charge in [0.1, 0.15) is 5.60 Å². The first-order chi connectivity index (χ1) is 17.8. The van der Waals surface area contributed by atoms with E-state index in [1.54, 1.807) is 15.7 Å². The van der Waals surface area contributed by atoms with Crippen LogP contribution in [0.3, 0.4) is 0 Å². The molecule has 1 N–H and O–H groups in total. The zero-order chi connectivity index (χ0) is 26.0. The average Bonchev–Trinajstić information content (AvgIpc) is 3.22. The van der Waals surface area contributed by atoms with Crippen molar-refractivity contribution >= 4 is 22.9 Å².